The molecule has 2 N–H and O–H groups in total. The van der Waals surface area contributed by atoms with Crippen LogP contribution in [0.25, 0.3) is 0 Å². The molecule has 2 aromatic carbocycles. The van der Waals surface area contributed by atoms with Crippen molar-refractivity contribution in [3.8, 4) is 5.75 Å². The van der Waals surface area contributed by atoms with Crippen LogP contribution in [0.15, 0.2) is 53.5 Å². The van der Waals surface area contributed by atoms with Gasteiger partial charge >= 0.3 is 0 Å². The van der Waals surface area contributed by atoms with E-state index in [0.29, 0.717) is 22.6 Å². The van der Waals surface area contributed by atoms with E-state index in [1.54, 1.807) is 48.5 Å². The van der Waals surface area contributed by atoms with Crippen LogP contribution in [0.2, 0.25) is 0 Å². The maximum Gasteiger partial charge on any atom is 0.240 e. The van der Waals surface area contributed by atoms with E-state index >= 15 is 0 Å². The van der Waals surface area contributed by atoms with Gasteiger partial charge in [0.25, 0.3) is 0 Å². The summed E-state index contributed by atoms with van der Waals surface area (Å²) < 4.78 is 5.32. The number of nitrogens with zero attached hydrogens (tertiary/aromatic N) is 1. The summed E-state index contributed by atoms with van der Waals surface area (Å²) in [5.74, 6) is -0.533. The van der Waals surface area contributed by atoms with Crippen molar-refractivity contribution < 1.29 is 23.9 Å². The van der Waals surface area contributed by atoms with Gasteiger partial charge in [0.1, 0.15) is 12.4 Å². The number of primary amides is 1. The third-order valence-electron chi connectivity index (χ3n) is 3.47. The molecule has 132 valence electrons. The molecule has 0 heterocycles. The van der Waals surface area contributed by atoms with E-state index in [0.717, 1.165) is 0 Å². The van der Waals surface area contributed by atoms with Crippen molar-refractivity contribution >= 4 is 29.2 Å². The van der Waals surface area contributed by atoms with Crippen molar-refractivity contribution in [2.24, 2.45) is 10.7 Å². The fraction of sp³-hybridized carbons (Fsp3) is 0.158. The number of hydrogen-bond acceptors (Lipinski definition) is 6. The topological polar surface area (TPSA) is 116 Å². The Hall–Kier alpha value is -3.57. The highest BCUT2D eigenvalue weighted by Gasteiger charge is 2.10. The van der Waals surface area contributed by atoms with Gasteiger partial charge in [-0.2, -0.15) is 4.99 Å². The lowest BCUT2D eigenvalue weighted by atomic mass is 10.0. The average molecular weight is 352 g/mol. The van der Waals surface area contributed by atoms with Crippen molar-refractivity contribution in [1.29, 1.82) is 0 Å². The summed E-state index contributed by atoms with van der Waals surface area (Å²) in [6.45, 7) is -0.167. The lowest BCUT2D eigenvalue weighted by Crippen LogP contribution is -2.16. The van der Waals surface area contributed by atoms with Gasteiger partial charge in [-0.05, 0) is 48.5 Å². The van der Waals surface area contributed by atoms with E-state index in [9.17, 15) is 19.2 Å². The molecule has 0 saturated heterocycles. The van der Waals surface area contributed by atoms with Crippen molar-refractivity contribution in [1.82, 2.24) is 0 Å². The summed E-state index contributed by atoms with van der Waals surface area (Å²) in [5, 5.41) is 0. The molecule has 0 aliphatic heterocycles. The van der Waals surface area contributed by atoms with E-state index in [1.165, 1.54) is 6.08 Å². The van der Waals surface area contributed by atoms with Gasteiger partial charge in [-0.3, -0.25) is 14.4 Å². The molecule has 7 nitrogen and oxygen atoms in total. The molecular weight excluding hydrogens is 336 g/mol. The SMILES string of the molecule is NC(=O)CCC(=O)COc1ccc(C(=O)c2ccc(N=C=O)cc2)cc1. The van der Waals surface area contributed by atoms with Crippen LogP contribution in [0, 0.1) is 0 Å². The molecule has 26 heavy (non-hydrogen) atoms. The van der Waals surface area contributed by atoms with E-state index in [-0.39, 0.29) is 31.0 Å². The fourth-order valence-electron chi connectivity index (χ4n) is 2.11. The number of amides is 1. The van der Waals surface area contributed by atoms with Crippen LogP contribution >= 0.6 is 0 Å². The lowest BCUT2D eigenvalue weighted by molar-refractivity contribution is -0.124. The molecule has 0 aromatic heterocycles. The van der Waals surface area contributed by atoms with Gasteiger partial charge in [-0.1, -0.05) is 0 Å². The molecule has 2 rings (SSSR count). The Morgan fingerprint density at radius 1 is 0.923 bits per heavy atom. The van der Waals surface area contributed by atoms with Crippen LogP contribution in [-0.4, -0.2) is 30.2 Å². The fourth-order valence-corrected chi connectivity index (χ4v) is 2.11. The van der Waals surface area contributed by atoms with Gasteiger partial charge in [0.2, 0.25) is 12.0 Å². The maximum absolute atomic E-state index is 12.4. The van der Waals surface area contributed by atoms with Crippen LogP contribution in [0.4, 0.5) is 5.69 Å². The summed E-state index contributed by atoms with van der Waals surface area (Å²) in [6.07, 6.45) is 1.46. The zero-order chi connectivity index (χ0) is 18.9. The van der Waals surface area contributed by atoms with Gasteiger partial charge in [0, 0.05) is 24.0 Å². The predicted molar refractivity (Wildman–Crippen MR) is 93.0 cm³/mol. The number of ether oxygens (including phenoxy) is 1. The molecule has 0 bridgehead atoms. The molecule has 0 spiro atoms. The predicted octanol–water partition coefficient (Wildman–Crippen LogP) is 2.10. The monoisotopic (exact) mass is 352 g/mol. The van der Waals surface area contributed by atoms with Crippen molar-refractivity contribution in [3.63, 3.8) is 0 Å². The van der Waals surface area contributed by atoms with Crippen LogP contribution < -0.4 is 10.5 Å². The Morgan fingerprint density at radius 2 is 1.50 bits per heavy atom. The van der Waals surface area contributed by atoms with Crippen molar-refractivity contribution in [2.45, 2.75) is 12.8 Å². The minimum absolute atomic E-state index is 0.00736. The van der Waals surface area contributed by atoms with E-state index < -0.39 is 5.91 Å². The first-order chi connectivity index (χ1) is 12.5. The Morgan fingerprint density at radius 3 is 2.04 bits per heavy atom. The Kier molecular flexibility index (Phi) is 6.53. The van der Waals surface area contributed by atoms with Crippen LogP contribution in [0.1, 0.15) is 28.8 Å². The molecule has 0 saturated carbocycles. The Bertz CT molecular complexity index is 851. The number of ketones is 2. The van der Waals surface area contributed by atoms with Gasteiger partial charge in [0.05, 0.1) is 5.69 Å². The van der Waals surface area contributed by atoms with Crippen molar-refractivity contribution in [3.05, 3.63) is 59.7 Å². The van der Waals surface area contributed by atoms with Crippen LogP contribution in [0.3, 0.4) is 0 Å². The molecule has 0 atom stereocenters. The highest BCUT2D eigenvalue weighted by atomic mass is 16.5. The number of rotatable bonds is 9. The second-order valence-electron chi connectivity index (χ2n) is 5.40. The zero-order valence-corrected chi connectivity index (χ0v) is 13.8. The minimum atomic E-state index is -0.535. The summed E-state index contributed by atoms with van der Waals surface area (Å²) in [7, 11) is 0. The molecule has 2 aromatic rings. The third-order valence-corrected chi connectivity index (χ3v) is 3.47. The molecule has 1 amide bonds. The Labute approximate surface area is 149 Å². The number of nitrogens with two attached hydrogens (primary N) is 1. The number of Topliss-reactive ketones (excluding diaryl/α,β-unsaturated/α-hetero) is 1. The zero-order valence-electron chi connectivity index (χ0n) is 13.8. The largest absolute Gasteiger partial charge is 0.486 e. The molecule has 0 fully saturated rings. The highest BCUT2D eigenvalue weighted by Crippen LogP contribution is 2.18. The summed E-state index contributed by atoms with van der Waals surface area (Å²) in [4.78, 5) is 48.2. The van der Waals surface area contributed by atoms with E-state index in [1.807, 2.05) is 0 Å². The van der Waals surface area contributed by atoms with E-state index in [2.05, 4.69) is 4.99 Å². The Balaban J connectivity index is 1.95. The van der Waals surface area contributed by atoms with Gasteiger partial charge in [0.15, 0.2) is 11.6 Å². The number of isocyanates is 1. The quantitative estimate of drug-likeness (QED) is 0.421. The number of aliphatic imine (C=N–C) groups is 1. The number of carbonyl (C=O) groups is 3. The maximum atomic E-state index is 12.4. The molecule has 0 radical (unpaired) electrons. The molecule has 0 unspecified atom stereocenters. The van der Waals surface area contributed by atoms with Gasteiger partial charge in [-0.25, -0.2) is 4.79 Å². The minimum Gasteiger partial charge on any atom is -0.486 e. The molecule has 7 heteroatoms. The second-order valence-corrected chi connectivity index (χ2v) is 5.40. The smallest absolute Gasteiger partial charge is 0.240 e. The number of carbonyl (C=O) groups excluding carboxylic acids is 4. The number of benzene rings is 2. The van der Waals surface area contributed by atoms with Crippen LogP contribution in [0.5, 0.6) is 5.75 Å². The normalized spacial score (nSPS) is 9.85. The molecular formula is C19H16N2O5. The molecule has 0 aliphatic rings. The summed E-state index contributed by atoms with van der Waals surface area (Å²) in [5.41, 5.74) is 6.29. The first-order valence-electron chi connectivity index (χ1n) is 7.75. The lowest BCUT2D eigenvalue weighted by Gasteiger charge is -2.06. The first kappa shape index (κ1) is 18.8. The van der Waals surface area contributed by atoms with E-state index in [4.69, 9.17) is 10.5 Å². The van der Waals surface area contributed by atoms with Gasteiger partial charge < -0.3 is 10.5 Å². The van der Waals surface area contributed by atoms with Crippen molar-refractivity contribution in [2.75, 3.05) is 6.61 Å². The van der Waals surface area contributed by atoms with Gasteiger partial charge in [-0.15, -0.1) is 0 Å². The first-order valence-corrected chi connectivity index (χ1v) is 7.75. The second kappa shape index (κ2) is 9.05. The third kappa shape index (κ3) is 5.51. The number of hydrogen-bond donors (Lipinski definition) is 1. The summed E-state index contributed by atoms with van der Waals surface area (Å²) in [6, 6.07) is 12.6. The summed E-state index contributed by atoms with van der Waals surface area (Å²) >= 11 is 0. The van der Waals surface area contributed by atoms with Crippen LogP contribution in [-0.2, 0) is 14.4 Å². The highest BCUT2D eigenvalue weighted by molar-refractivity contribution is 6.09. The standard InChI is InChI=1S/C19H16N2O5/c20-18(24)10-7-16(23)11-26-17-8-3-14(4-9-17)19(25)13-1-5-15(6-2-13)21-12-22/h1-6,8-9H,7,10-11H2,(H2,20,24). The average Bonchev–Trinajstić information content (AvgIpc) is 2.65. The molecule has 0 aliphatic carbocycles.